The summed E-state index contributed by atoms with van der Waals surface area (Å²) < 4.78 is 41.3. The Kier molecular flexibility index (Phi) is 4.24. The van der Waals surface area contributed by atoms with Gasteiger partial charge in [-0.1, -0.05) is 6.42 Å². The first-order valence-electron chi connectivity index (χ1n) is 6.32. The summed E-state index contributed by atoms with van der Waals surface area (Å²) in [5.41, 5.74) is 5.50. The summed E-state index contributed by atoms with van der Waals surface area (Å²) in [5.74, 6) is -0.961. The van der Waals surface area contributed by atoms with Crippen LogP contribution in [0.1, 0.15) is 24.8 Å². The molecule has 1 aromatic carbocycles. The second kappa shape index (κ2) is 5.76. The summed E-state index contributed by atoms with van der Waals surface area (Å²) >= 11 is 0. The molecule has 110 valence electrons. The minimum absolute atomic E-state index is 0.0329. The molecule has 8 heteroatoms. The van der Waals surface area contributed by atoms with Crippen molar-refractivity contribution < 1.29 is 12.8 Å². The molecule has 0 saturated carbocycles. The highest BCUT2D eigenvalue weighted by Gasteiger charge is 2.24. The molecular formula is C12H17FN4O2S. The molecule has 0 radical (unpaired) electrons. The van der Waals surface area contributed by atoms with Gasteiger partial charge < -0.3 is 5.73 Å². The second-order valence-corrected chi connectivity index (χ2v) is 6.34. The molecule has 0 spiro atoms. The predicted molar refractivity (Wildman–Crippen MR) is 75.4 cm³/mol. The Morgan fingerprint density at radius 3 is 2.55 bits per heavy atom. The first kappa shape index (κ1) is 14.7. The van der Waals surface area contributed by atoms with Crippen LogP contribution in [-0.2, 0) is 10.2 Å². The minimum Gasteiger partial charge on any atom is -0.384 e. The fourth-order valence-corrected chi connectivity index (χ4v) is 3.46. The van der Waals surface area contributed by atoms with Crippen LogP contribution in [0.4, 0.5) is 10.1 Å². The molecule has 2 rings (SSSR count). The SMILES string of the molecule is N=C(N)c1cc(F)ccc1NS(=O)(=O)N1CCCCC1. The Balaban J connectivity index is 2.27. The van der Waals surface area contributed by atoms with Gasteiger partial charge in [-0.3, -0.25) is 10.1 Å². The third kappa shape index (κ3) is 3.26. The van der Waals surface area contributed by atoms with Crippen molar-refractivity contribution in [3.05, 3.63) is 29.6 Å². The van der Waals surface area contributed by atoms with Crippen LogP contribution in [-0.4, -0.2) is 31.6 Å². The van der Waals surface area contributed by atoms with Crippen molar-refractivity contribution in [1.29, 1.82) is 5.41 Å². The highest BCUT2D eigenvalue weighted by molar-refractivity contribution is 7.90. The summed E-state index contributed by atoms with van der Waals surface area (Å²) in [6.07, 6.45) is 2.66. The molecule has 1 aliphatic heterocycles. The van der Waals surface area contributed by atoms with E-state index in [2.05, 4.69) is 4.72 Å². The number of benzene rings is 1. The van der Waals surface area contributed by atoms with Crippen molar-refractivity contribution in [3.8, 4) is 0 Å². The maximum absolute atomic E-state index is 13.2. The van der Waals surface area contributed by atoms with Crippen molar-refractivity contribution >= 4 is 21.7 Å². The monoisotopic (exact) mass is 300 g/mol. The average Bonchev–Trinajstić information content (AvgIpc) is 2.41. The van der Waals surface area contributed by atoms with E-state index >= 15 is 0 Å². The summed E-state index contributed by atoms with van der Waals surface area (Å²) in [7, 11) is -3.70. The van der Waals surface area contributed by atoms with E-state index in [0.29, 0.717) is 13.1 Å². The summed E-state index contributed by atoms with van der Waals surface area (Å²) in [5, 5.41) is 7.39. The topological polar surface area (TPSA) is 99.3 Å². The Morgan fingerprint density at radius 2 is 1.95 bits per heavy atom. The number of anilines is 1. The largest absolute Gasteiger partial charge is 0.384 e. The maximum atomic E-state index is 13.2. The van der Waals surface area contributed by atoms with Crippen molar-refractivity contribution in [2.75, 3.05) is 17.8 Å². The maximum Gasteiger partial charge on any atom is 0.301 e. The van der Waals surface area contributed by atoms with Crippen LogP contribution in [0.3, 0.4) is 0 Å². The number of rotatable bonds is 4. The molecule has 4 N–H and O–H groups in total. The highest BCUT2D eigenvalue weighted by atomic mass is 32.2. The van der Waals surface area contributed by atoms with Gasteiger partial charge in [0.25, 0.3) is 0 Å². The molecule has 0 aliphatic carbocycles. The van der Waals surface area contributed by atoms with Gasteiger partial charge in [-0.25, -0.2) is 4.39 Å². The van der Waals surface area contributed by atoms with E-state index in [9.17, 15) is 12.8 Å². The van der Waals surface area contributed by atoms with Gasteiger partial charge in [0, 0.05) is 18.7 Å². The summed E-state index contributed by atoms with van der Waals surface area (Å²) in [4.78, 5) is 0. The predicted octanol–water partition coefficient (Wildman–Crippen LogP) is 1.25. The second-order valence-electron chi connectivity index (χ2n) is 4.67. The zero-order chi connectivity index (χ0) is 14.8. The number of nitrogen functional groups attached to an aromatic ring is 1. The molecule has 0 unspecified atom stereocenters. The minimum atomic E-state index is -3.70. The van der Waals surface area contributed by atoms with Crippen LogP contribution >= 0.6 is 0 Å². The van der Waals surface area contributed by atoms with Gasteiger partial charge in [0.05, 0.1) is 5.69 Å². The number of nitrogens with two attached hydrogens (primary N) is 1. The lowest BCUT2D eigenvalue weighted by Crippen LogP contribution is -2.39. The number of halogens is 1. The molecule has 0 atom stereocenters. The molecule has 0 aromatic heterocycles. The number of hydrogen-bond acceptors (Lipinski definition) is 3. The van der Waals surface area contributed by atoms with E-state index in [1.807, 2.05) is 0 Å². The number of piperidine rings is 1. The molecule has 6 nitrogen and oxygen atoms in total. The van der Waals surface area contributed by atoms with Gasteiger partial charge >= 0.3 is 10.2 Å². The van der Waals surface area contributed by atoms with E-state index in [-0.39, 0.29) is 17.1 Å². The van der Waals surface area contributed by atoms with Crippen LogP contribution < -0.4 is 10.5 Å². The van der Waals surface area contributed by atoms with Crippen molar-refractivity contribution in [3.63, 3.8) is 0 Å². The van der Waals surface area contributed by atoms with Crippen LogP contribution in [0.25, 0.3) is 0 Å². The molecule has 1 aliphatic rings. The van der Waals surface area contributed by atoms with Gasteiger partial charge in [0.1, 0.15) is 11.7 Å². The zero-order valence-corrected chi connectivity index (χ0v) is 11.7. The van der Waals surface area contributed by atoms with Gasteiger partial charge in [-0.05, 0) is 31.0 Å². The standard InChI is InChI=1S/C12H17FN4O2S/c13-9-4-5-11(10(8-9)12(14)15)16-20(18,19)17-6-2-1-3-7-17/h4-5,8,16H,1-3,6-7H2,(H3,14,15). The lowest BCUT2D eigenvalue weighted by molar-refractivity contribution is 0.349. The molecule has 1 fully saturated rings. The summed E-state index contributed by atoms with van der Waals surface area (Å²) in [6, 6.07) is 3.43. The van der Waals surface area contributed by atoms with Gasteiger partial charge in [-0.15, -0.1) is 0 Å². The number of nitrogens with one attached hydrogen (secondary N) is 2. The molecular weight excluding hydrogens is 283 g/mol. The Morgan fingerprint density at radius 1 is 1.30 bits per heavy atom. The van der Waals surface area contributed by atoms with E-state index in [1.54, 1.807) is 0 Å². The third-order valence-electron chi connectivity index (χ3n) is 3.17. The molecule has 0 bridgehead atoms. The van der Waals surface area contributed by atoms with Gasteiger partial charge in [0.2, 0.25) is 0 Å². The van der Waals surface area contributed by atoms with E-state index in [4.69, 9.17) is 11.1 Å². The Labute approximate surface area is 117 Å². The van der Waals surface area contributed by atoms with E-state index in [0.717, 1.165) is 31.4 Å². The summed E-state index contributed by atoms with van der Waals surface area (Å²) in [6.45, 7) is 0.928. The average molecular weight is 300 g/mol. The van der Waals surface area contributed by atoms with Crippen LogP contribution in [0, 0.1) is 11.2 Å². The number of hydrogen-bond donors (Lipinski definition) is 3. The fraction of sp³-hybridized carbons (Fsp3) is 0.417. The van der Waals surface area contributed by atoms with Crippen molar-refractivity contribution in [1.82, 2.24) is 4.31 Å². The number of nitrogens with zero attached hydrogens (tertiary/aromatic N) is 1. The van der Waals surface area contributed by atoms with Crippen molar-refractivity contribution in [2.45, 2.75) is 19.3 Å². The molecule has 1 saturated heterocycles. The van der Waals surface area contributed by atoms with Crippen molar-refractivity contribution in [2.24, 2.45) is 5.73 Å². The first-order chi connectivity index (χ1) is 9.40. The Bertz CT molecular complexity index is 612. The van der Waals surface area contributed by atoms with Crippen LogP contribution in [0.5, 0.6) is 0 Å². The molecule has 0 amide bonds. The van der Waals surface area contributed by atoms with Gasteiger partial charge in [0.15, 0.2) is 0 Å². The quantitative estimate of drug-likeness (QED) is 0.576. The third-order valence-corrected chi connectivity index (χ3v) is 4.69. The van der Waals surface area contributed by atoms with Gasteiger partial charge in [-0.2, -0.15) is 12.7 Å². The number of amidine groups is 1. The smallest absolute Gasteiger partial charge is 0.301 e. The normalized spacial score (nSPS) is 16.9. The lowest BCUT2D eigenvalue weighted by Gasteiger charge is -2.26. The van der Waals surface area contributed by atoms with E-state index < -0.39 is 16.0 Å². The van der Waals surface area contributed by atoms with Crippen LogP contribution in [0.2, 0.25) is 0 Å². The fourth-order valence-electron chi connectivity index (χ4n) is 2.14. The lowest BCUT2D eigenvalue weighted by atomic mass is 10.1. The molecule has 20 heavy (non-hydrogen) atoms. The van der Waals surface area contributed by atoms with Crippen LogP contribution in [0.15, 0.2) is 18.2 Å². The molecule has 1 heterocycles. The Hall–Kier alpha value is -1.67. The highest BCUT2D eigenvalue weighted by Crippen LogP contribution is 2.21. The first-order valence-corrected chi connectivity index (χ1v) is 7.76. The van der Waals surface area contributed by atoms with E-state index in [1.165, 1.54) is 10.4 Å². The zero-order valence-electron chi connectivity index (χ0n) is 10.9. The molecule has 1 aromatic rings.